The Kier molecular flexibility index (Phi) is 5.45. The number of methoxy groups -OCH3 is 1. The van der Waals surface area contributed by atoms with Crippen LogP contribution in [0.2, 0.25) is 0 Å². The number of aromatic amines is 1. The highest BCUT2D eigenvalue weighted by Crippen LogP contribution is 2.35. The van der Waals surface area contributed by atoms with Crippen molar-refractivity contribution in [2.45, 2.75) is 45.4 Å². The van der Waals surface area contributed by atoms with Crippen molar-refractivity contribution in [3.05, 3.63) is 52.3 Å². The Balaban J connectivity index is 1.82. The van der Waals surface area contributed by atoms with Crippen LogP contribution in [0, 0.1) is 6.92 Å². The minimum atomic E-state index is -0.376. The summed E-state index contributed by atoms with van der Waals surface area (Å²) in [6.45, 7) is 4.27. The van der Waals surface area contributed by atoms with Gasteiger partial charge >= 0.3 is 5.97 Å². The van der Waals surface area contributed by atoms with Crippen LogP contribution < -0.4 is 4.74 Å². The predicted octanol–water partition coefficient (Wildman–Crippen LogP) is 4.20. The highest BCUT2D eigenvalue weighted by Gasteiger charge is 2.32. The maximum atomic E-state index is 12.7. The van der Waals surface area contributed by atoms with Gasteiger partial charge in [-0.15, -0.1) is 0 Å². The molecule has 2 aromatic rings. The fraction of sp³-hybridized carbons (Fsp3) is 0.429. The van der Waals surface area contributed by atoms with Crippen LogP contribution in [0.5, 0.6) is 5.75 Å². The molecule has 0 radical (unpaired) electrons. The molecule has 1 aliphatic rings. The van der Waals surface area contributed by atoms with Gasteiger partial charge < -0.3 is 14.5 Å². The molecule has 1 heterocycles. The molecule has 26 heavy (non-hydrogen) atoms. The molecule has 1 aromatic carbocycles. The first-order chi connectivity index (χ1) is 12.5. The quantitative estimate of drug-likeness (QED) is 0.623. The minimum absolute atomic E-state index is 0.0772. The summed E-state index contributed by atoms with van der Waals surface area (Å²) in [5, 5.41) is 0. The monoisotopic (exact) mass is 355 g/mol. The molecule has 1 N–H and O–H groups in total. The lowest BCUT2D eigenvalue weighted by atomic mass is 9.81. The number of carbonyl (C=O) groups excluding carboxylic acids is 2. The van der Waals surface area contributed by atoms with Crippen molar-refractivity contribution in [2.75, 3.05) is 13.7 Å². The Labute approximate surface area is 153 Å². The molecule has 0 spiro atoms. The van der Waals surface area contributed by atoms with Crippen molar-refractivity contribution in [1.29, 1.82) is 0 Å². The summed E-state index contributed by atoms with van der Waals surface area (Å²) < 4.78 is 10.5. The molecule has 0 fully saturated rings. The molecule has 5 heteroatoms. The molecular formula is C21H25NO4. The molecular weight excluding hydrogens is 330 g/mol. The number of unbranched alkanes of at least 4 members (excludes halogenated alkanes) is 1. The van der Waals surface area contributed by atoms with Gasteiger partial charge in [0.1, 0.15) is 11.4 Å². The number of fused-ring (bicyclic) bond motifs is 1. The number of H-pyrrole nitrogens is 1. The first-order valence-electron chi connectivity index (χ1n) is 9.10. The fourth-order valence-corrected chi connectivity index (χ4v) is 3.53. The van der Waals surface area contributed by atoms with Crippen LogP contribution in [0.1, 0.15) is 69.8 Å². The smallest absolute Gasteiger partial charge is 0.355 e. The van der Waals surface area contributed by atoms with Crippen molar-refractivity contribution in [3.8, 4) is 5.75 Å². The number of hydrogen-bond donors (Lipinski definition) is 1. The maximum absolute atomic E-state index is 12.7. The van der Waals surface area contributed by atoms with Crippen LogP contribution in [0.15, 0.2) is 24.3 Å². The lowest BCUT2D eigenvalue weighted by Gasteiger charge is -2.22. The van der Waals surface area contributed by atoms with E-state index in [-0.39, 0.29) is 17.7 Å². The number of carbonyl (C=O) groups is 2. The van der Waals surface area contributed by atoms with Crippen LogP contribution in [0.25, 0.3) is 0 Å². The summed E-state index contributed by atoms with van der Waals surface area (Å²) in [6.07, 6.45) is 2.96. The largest absolute Gasteiger partial charge is 0.497 e. The van der Waals surface area contributed by atoms with Gasteiger partial charge in [0, 0.05) is 17.7 Å². The zero-order valence-electron chi connectivity index (χ0n) is 15.6. The van der Waals surface area contributed by atoms with E-state index in [2.05, 4.69) is 4.98 Å². The third kappa shape index (κ3) is 3.52. The summed E-state index contributed by atoms with van der Waals surface area (Å²) in [5.74, 6) is 0.597. The van der Waals surface area contributed by atoms with E-state index in [1.165, 1.54) is 0 Å². The van der Waals surface area contributed by atoms with Gasteiger partial charge in [0.25, 0.3) is 0 Å². The zero-order chi connectivity index (χ0) is 18.7. The molecule has 0 unspecified atom stereocenters. The summed E-state index contributed by atoms with van der Waals surface area (Å²) in [7, 11) is 1.63. The van der Waals surface area contributed by atoms with E-state index >= 15 is 0 Å². The topological polar surface area (TPSA) is 68.4 Å². The Morgan fingerprint density at radius 1 is 1.23 bits per heavy atom. The molecule has 0 saturated heterocycles. The van der Waals surface area contributed by atoms with E-state index in [9.17, 15) is 9.59 Å². The third-order valence-electron chi connectivity index (χ3n) is 5.01. The summed E-state index contributed by atoms with van der Waals surface area (Å²) >= 11 is 0. The predicted molar refractivity (Wildman–Crippen MR) is 99.1 cm³/mol. The second-order valence-electron chi connectivity index (χ2n) is 6.77. The molecule has 0 amide bonds. The van der Waals surface area contributed by atoms with Gasteiger partial charge in [0.2, 0.25) is 0 Å². The highest BCUT2D eigenvalue weighted by molar-refractivity contribution is 6.03. The molecule has 1 atom stereocenters. The van der Waals surface area contributed by atoms with Gasteiger partial charge in [0.05, 0.1) is 13.7 Å². The number of benzene rings is 1. The first kappa shape index (κ1) is 18.2. The van der Waals surface area contributed by atoms with Crippen molar-refractivity contribution < 1.29 is 19.1 Å². The average molecular weight is 355 g/mol. The molecule has 0 saturated carbocycles. The van der Waals surface area contributed by atoms with Crippen molar-refractivity contribution in [1.82, 2.24) is 4.98 Å². The van der Waals surface area contributed by atoms with Crippen LogP contribution in [-0.2, 0) is 11.2 Å². The molecule has 5 nitrogen and oxygen atoms in total. The fourth-order valence-electron chi connectivity index (χ4n) is 3.53. The summed E-state index contributed by atoms with van der Waals surface area (Å²) in [5.41, 5.74) is 3.72. The van der Waals surface area contributed by atoms with Gasteiger partial charge in [-0.2, -0.15) is 0 Å². The Hall–Kier alpha value is -2.56. The van der Waals surface area contributed by atoms with Gasteiger partial charge in [-0.3, -0.25) is 4.79 Å². The molecule has 0 bridgehead atoms. The van der Waals surface area contributed by atoms with Crippen LogP contribution in [0.3, 0.4) is 0 Å². The lowest BCUT2D eigenvalue weighted by Crippen LogP contribution is -2.18. The first-order valence-corrected chi connectivity index (χ1v) is 9.10. The summed E-state index contributed by atoms with van der Waals surface area (Å²) in [6, 6.07) is 7.81. The van der Waals surface area contributed by atoms with E-state index in [0.717, 1.165) is 29.8 Å². The van der Waals surface area contributed by atoms with Gasteiger partial charge in [-0.1, -0.05) is 25.5 Å². The van der Waals surface area contributed by atoms with E-state index in [0.29, 0.717) is 36.3 Å². The molecule has 138 valence electrons. The average Bonchev–Trinajstić information content (AvgIpc) is 2.99. The summed E-state index contributed by atoms with van der Waals surface area (Å²) in [4.78, 5) is 28.2. The van der Waals surface area contributed by atoms with Crippen molar-refractivity contribution in [2.24, 2.45) is 0 Å². The number of esters is 1. The molecule has 1 aromatic heterocycles. The maximum Gasteiger partial charge on any atom is 0.355 e. The number of ketones is 1. The third-order valence-corrected chi connectivity index (χ3v) is 5.01. The van der Waals surface area contributed by atoms with Crippen LogP contribution in [-0.4, -0.2) is 30.5 Å². The number of ether oxygens (including phenoxy) is 2. The Morgan fingerprint density at radius 2 is 1.96 bits per heavy atom. The van der Waals surface area contributed by atoms with Gasteiger partial charge in [-0.25, -0.2) is 4.79 Å². The van der Waals surface area contributed by atoms with Crippen LogP contribution in [0.4, 0.5) is 0 Å². The standard InChI is InChI=1S/C21H25NO4/c1-4-5-10-26-21(24)20-13(2)19-17(22-20)11-15(12-18(19)23)14-6-8-16(25-3)9-7-14/h6-9,15,22H,4-5,10-12H2,1-3H3/t15-/m0/s1. The van der Waals surface area contributed by atoms with Gasteiger partial charge in [0.15, 0.2) is 5.78 Å². The highest BCUT2D eigenvalue weighted by atomic mass is 16.5. The number of rotatable bonds is 6. The van der Waals surface area contributed by atoms with Crippen molar-refractivity contribution in [3.63, 3.8) is 0 Å². The normalized spacial score (nSPS) is 16.3. The molecule has 3 rings (SSSR count). The number of hydrogen-bond acceptors (Lipinski definition) is 4. The second-order valence-corrected chi connectivity index (χ2v) is 6.77. The SMILES string of the molecule is CCCCOC(=O)c1[nH]c2c(c1C)C(=O)C[C@@H](c1ccc(OC)cc1)C2. The Bertz CT molecular complexity index is 804. The zero-order valence-corrected chi connectivity index (χ0v) is 15.6. The van der Waals surface area contributed by atoms with Gasteiger partial charge in [-0.05, 0) is 48.9 Å². The second kappa shape index (κ2) is 7.77. The van der Waals surface area contributed by atoms with E-state index in [1.807, 2.05) is 38.1 Å². The van der Waals surface area contributed by atoms with Crippen molar-refractivity contribution >= 4 is 11.8 Å². The van der Waals surface area contributed by atoms with E-state index in [1.54, 1.807) is 7.11 Å². The number of aromatic nitrogens is 1. The van der Waals surface area contributed by atoms with E-state index in [4.69, 9.17) is 9.47 Å². The minimum Gasteiger partial charge on any atom is -0.497 e. The van der Waals surface area contributed by atoms with Crippen LogP contribution >= 0.6 is 0 Å². The molecule has 0 aliphatic heterocycles. The Morgan fingerprint density at radius 3 is 2.62 bits per heavy atom. The number of nitrogens with one attached hydrogen (secondary N) is 1. The molecule has 1 aliphatic carbocycles. The number of Topliss-reactive ketones (excluding diaryl/α,β-unsaturated/α-hetero) is 1. The van der Waals surface area contributed by atoms with E-state index < -0.39 is 0 Å². The lowest BCUT2D eigenvalue weighted by molar-refractivity contribution is 0.0492.